The van der Waals surface area contributed by atoms with Crippen LogP contribution in [0.1, 0.15) is 114 Å². The van der Waals surface area contributed by atoms with Crippen LogP contribution in [0, 0.1) is 12.3 Å². The molecule has 4 aliphatic rings. The minimum Gasteiger partial charge on any atom is -0.493 e. The number of unbranched alkanes of at least 4 members (excludes halogenated alkanes) is 1. The topological polar surface area (TPSA) is 165 Å². The van der Waals surface area contributed by atoms with Gasteiger partial charge in [-0.3, -0.25) is 19.3 Å². The summed E-state index contributed by atoms with van der Waals surface area (Å²) in [4.78, 5) is 55.7. The van der Waals surface area contributed by atoms with Crippen molar-refractivity contribution in [3.05, 3.63) is 71.5 Å². The molecule has 2 aliphatic heterocycles. The zero-order chi connectivity index (χ0) is 51.4. The molecule has 2 saturated heterocycles. The number of alkyl halides is 4. The fourth-order valence-corrected chi connectivity index (χ4v) is 10.3. The van der Waals surface area contributed by atoms with Crippen LogP contribution in [0.4, 0.5) is 23.5 Å². The molecular formula is C54H72F4N8O6. The van der Waals surface area contributed by atoms with E-state index in [2.05, 4.69) is 65.4 Å². The molecule has 2 saturated carbocycles. The molecule has 392 valence electrons. The molecule has 2 aromatic carbocycles. The Labute approximate surface area is 419 Å². The molecule has 2 aromatic heterocycles. The number of aliphatic hydroxyl groups is 2. The number of rotatable bonds is 20. The van der Waals surface area contributed by atoms with E-state index in [1.54, 1.807) is 27.0 Å². The van der Waals surface area contributed by atoms with E-state index in [0.29, 0.717) is 31.5 Å². The van der Waals surface area contributed by atoms with Gasteiger partial charge in [0.1, 0.15) is 17.4 Å². The number of aryl methyl sites for hydroxylation is 2. The van der Waals surface area contributed by atoms with Crippen LogP contribution in [0.15, 0.2) is 54.9 Å². The number of nitrogens with zero attached hydrogens (tertiary/aromatic N) is 6. The minimum absolute atomic E-state index is 0.0312. The van der Waals surface area contributed by atoms with E-state index in [4.69, 9.17) is 4.74 Å². The Morgan fingerprint density at radius 1 is 0.931 bits per heavy atom. The molecule has 2 aliphatic carbocycles. The van der Waals surface area contributed by atoms with Crippen LogP contribution in [-0.4, -0.2) is 146 Å². The minimum atomic E-state index is -4.28. The standard InChI is InChI=1S/C54H72F4N8O6/c1-35-7-10-38(13-18-45(69)44-30-41(68)33-66(44)49(70)47(52(2,3)4)61-50(71)53(55)19-20-53)46(29-35)72-28-6-5-23-63-24-26-64(27-25-63)32-36-8-11-37(12-9-36)43-34-65(39-14-16-40(67)17-15-39)48-42(43)31-60-51(62-48)59-22-21-54(56,57)58/h7-12,29,31,34,39-41,44,47,67-68H,5-6,13-28,30,32-33H2,1-4H3,(H,61,71)(H,59,60,62)/t39?,40?,41-,44+,47-/m1/s1. The van der Waals surface area contributed by atoms with Gasteiger partial charge in [-0.2, -0.15) is 18.2 Å². The SMILES string of the molecule is Cc1ccc(CCC(=O)[C@@H]2C[C@@H](O)CN2C(=O)[C@@H](NC(=O)C2(F)CC2)C(C)(C)C)c(OCCCCN2CCN(Cc3ccc(-c4cn(C5CCC(O)CC5)c5nc(NCCC(F)(F)F)ncc45)cc3)CC2)c1. The monoisotopic (exact) mass is 1000 g/mol. The number of carbonyl (C=O) groups excluding carboxylic acids is 3. The molecule has 4 fully saturated rings. The molecule has 8 rings (SSSR count). The number of aliphatic hydroxyl groups excluding tert-OH is 2. The van der Waals surface area contributed by atoms with E-state index >= 15 is 0 Å². The summed E-state index contributed by atoms with van der Waals surface area (Å²) >= 11 is 0. The third-order valence-electron chi connectivity index (χ3n) is 14.9. The number of anilines is 1. The van der Waals surface area contributed by atoms with Crippen molar-refractivity contribution in [1.29, 1.82) is 0 Å². The van der Waals surface area contributed by atoms with E-state index < -0.39 is 53.7 Å². The van der Waals surface area contributed by atoms with Gasteiger partial charge in [0.15, 0.2) is 11.5 Å². The fraction of sp³-hybridized carbons (Fsp3) is 0.611. The summed E-state index contributed by atoms with van der Waals surface area (Å²) in [5.74, 6) is -0.590. The predicted octanol–water partition coefficient (Wildman–Crippen LogP) is 7.72. The van der Waals surface area contributed by atoms with E-state index in [0.717, 1.165) is 98.3 Å². The maximum absolute atomic E-state index is 14.6. The molecule has 14 nitrogen and oxygen atoms in total. The first kappa shape index (κ1) is 53.1. The van der Waals surface area contributed by atoms with Crippen molar-refractivity contribution in [3.8, 4) is 16.9 Å². The Hall–Kier alpha value is -5.17. The maximum Gasteiger partial charge on any atom is 0.390 e. The van der Waals surface area contributed by atoms with E-state index in [-0.39, 0.29) is 62.7 Å². The van der Waals surface area contributed by atoms with Crippen molar-refractivity contribution in [1.82, 2.24) is 34.6 Å². The average Bonchev–Trinajstić information content (AvgIpc) is 3.80. The maximum atomic E-state index is 14.6. The molecule has 3 atom stereocenters. The van der Waals surface area contributed by atoms with Gasteiger partial charge in [-0.1, -0.05) is 57.2 Å². The second-order valence-electron chi connectivity index (χ2n) is 21.7. The van der Waals surface area contributed by atoms with Gasteiger partial charge in [-0.15, -0.1) is 0 Å². The van der Waals surface area contributed by atoms with Gasteiger partial charge >= 0.3 is 6.18 Å². The van der Waals surface area contributed by atoms with Gasteiger partial charge in [0, 0.05) is 88.0 Å². The van der Waals surface area contributed by atoms with Crippen molar-refractivity contribution in [2.75, 3.05) is 57.7 Å². The quantitative estimate of drug-likeness (QED) is 0.0506. The third-order valence-corrected chi connectivity index (χ3v) is 14.9. The lowest BCUT2D eigenvalue weighted by atomic mass is 9.85. The lowest BCUT2D eigenvalue weighted by molar-refractivity contribution is -0.144. The first-order valence-electron chi connectivity index (χ1n) is 25.9. The summed E-state index contributed by atoms with van der Waals surface area (Å²) in [5, 5.41) is 27.0. The van der Waals surface area contributed by atoms with Crippen molar-refractivity contribution in [2.24, 2.45) is 5.41 Å². The summed E-state index contributed by atoms with van der Waals surface area (Å²) in [6.07, 6.45) is 2.95. The van der Waals surface area contributed by atoms with Gasteiger partial charge in [-0.25, -0.2) is 9.37 Å². The summed E-state index contributed by atoms with van der Waals surface area (Å²) < 4.78 is 61.5. The highest BCUT2D eigenvalue weighted by Gasteiger charge is 2.53. The Morgan fingerprint density at radius 3 is 2.32 bits per heavy atom. The largest absolute Gasteiger partial charge is 0.493 e. The number of hydrogen-bond acceptors (Lipinski definition) is 11. The fourth-order valence-electron chi connectivity index (χ4n) is 10.3. The Kier molecular flexibility index (Phi) is 16.6. The number of likely N-dealkylation sites (tertiary alicyclic amines) is 1. The molecule has 4 heterocycles. The molecule has 4 N–H and O–H groups in total. The molecule has 0 spiro atoms. The van der Waals surface area contributed by atoms with E-state index in [9.17, 15) is 42.2 Å². The number of amides is 2. The molecule has 0 radical (unpaired) electrons. The van der Waals surface area contributed by atoms with Crippen LogP contribution >= 0.6 is 0 Å². The summed E-state index contributed by atoms with van der Waals surface area (Å²) in [5.41, 5.74) is 3.06. The molecule has 18 heteroatoms. The molecule has 0 unspecified atom stereocenters. The second-order valence-corrected chi connectivity index (χ2v) is 21.7. The van der Waals surface area contributed by atoms with E-state index in [1.165, 1.54) is 10.5 Å². The zero-order valence-corrected chi connectivity index (χ0v) is 42.2. The summed E-state index contributed by atoms with van der Waals surface area (Å²) in [6.45, 7) is 13.1. The van der Waals surface area contributed by atoms with Crippen molar-refractivity contribution < 1.29 is 46.9 Å². The first-order chi connectivity index (χ1) is 34.2. The summed E-state index contributed by atoms with van der Waals surface area (Å²) in [7, 11) is 0. The highest BCUT2D eigenvalue weighted by Crippen LogP contribution is 2.41. The second kappa shape index (κ2) is 22.5. The van der Waals surface area contributed by atoms with Crippen LogP contribution in [0.2, 0.25) is 0 Å². The number of carbonyl (C=O) groups is 3. The van der Waals surface area contributed by atoms with Crippen molar-refractivity contribution >= 4 is 34.6 Å². The number of β-amino-alcohol motifs (C(OH)–C–C–N with tert-alkyl or cyclic N) is 1. The van der Waals surface area contributed by atoms with Gasteiger partial charge in [0.25, 0.3) is 5.91 Å². The number of hydrogen-bond donors (Lipinski definition) is 4. The van der Waals surface area contributed by atoms with Gasteiger partial charge in [0.2, 0.25) is 11.9 Å². The summed E-state index contributed by atoms with van der Waals surface area (Å²) in [6, 6.07) is 12.7. The number of ether oxygens (including phenoxy) is 1. The predicted molar refractivity (Wildman–Crippen MR) is 267 cm³/mol. The number of fused-ring (bicyclic) bond motifs is 1. The first-order valence-corrected chi connectivity index (χ1v) is 25.9. The van der Waals surface area contributed by atoms with Gasteiger partial charge < -0.3 is 40.0 Å². The normalized spacial score (nSPS) is 22.2. The van der Waals surface area contributed by atoms with Crippen LogP contribution in [-0.2, 0) is 27.3 Å². The van der Waals surface area contributed by atoms with Crippen molar-refractivity contribution in [2.45, 2.75) is 153 Å². The molecule has 2 amide bonds. The number of halogens is 4. The Bertz CT molecular complexity index is 2510. The van der Waals surface area contributed by atoms with Crippen LogP contribution in [0.25, 0.3) is 22.2 Å². The van der Waals surface area contributed by atoms with Crippen LogP contribution < -0.4 is 15.4 Å². The number of nitrogens with one attached hydrogen (secondary N) is 2. The van der Waals surface area contributed by atoms with Crippen LogP contribution in [0.3, 0.4) is 0 Å². The Balaban J connectivity index is 0.783. The van der Waals surface area contributed by atoms with Crippen molar-refractivity contribution in [3.63, 3.8) is 0 Å². The smallest absolute Gasteiger partial charge is 0.390 e. The lowest BCUT2D eigenvalue weighted by Crippen LogP contribution is -2.58. The highest BCUT2D eigenvalue weighted by molar-refractivity contribution is 5.96. The third kappa shape index (κ3) is 13.5. The van der Waals surface area contributed by atoms with Crippen LogP contribution in [0.5, 0.6) is 5.75 Å². The van der Waals surface area contributed by atoms with E-state index in [1.807, 2.05) is 25.1 Å². The zero-order valence-electron chi connectivity index (χ0n) is 42.2. The number of Topliss-reactive ketones (excluding diaryl/α,β-unsaturated/α-hetero) is 1. The molecular weight excluding hydrogens is 933 g/mol. The molecule has 4 aromatic rings. The van der Waals surface area contributed by atoms with Gasteiger partial charge in [-0.05, 0) is 105 Å². The average molecular weight is 1010 g/mol. The highest BCUT2D eigenvalue weighted by atomic mass is 19.4. The number of benzene rings is 2. The lowest BCUT2D eigenvalue weighted by Gasteiger charge is -2.35. The molecule has 72 heavy (non-hydrogen) atoms. The number of ketones is 1. The number of aromatic nitrogens is 3. The Morgan fingerprint density at radius 2 is 1.64 bits per heavy atom. The molecule has 0 bridgehead atoms. The van der Waals surface area contributed by atoms with Gasteiger partial charge in [0.05, 0.1) is 31.3 Å². The number of piperazine rings is 1.